The minimum atomic E-state index is 0.103. The van der Waals surface area contributed by atoms with Crippen LogP contribution in [-0.4, -0.2) is 6.54 Å². The van der Waals surface area contributed by atoms with Gasteiger partial charge in [0.05, 0.1) is 0 Å². The van der Waals surface area contributed by atoms with E-state index in [-0.39, 0.29) is 5.41 Å². The Morgan fingerprint density at radius 3 is 2.33 bits per heavy atom. The summed E-state index contributed by atoms with van der Waals surface area (Å²) >= 11 is 0. The van der Waals surface area contributed by atoms with E-state index < -0.39 is 0 Å². The molecule has 0 saturated heterocycles. The van der Waals surface area contributed by atoms with Crippen molar-refractivity contribution in [2.24, 2.45) is 5.73 Å². The van der Waals surface area contributed by atoms with E-state index in [4.69, 9.17) is 5.73 Å². The Kier molecular flexibility index (Phi) is 2.53. The summed E-state index contributed by atoms with van der Waals surface area (Å²) in [6, 6.07) is 8.42. The fourth-order valence-electron chi connectivity index (χ4n) is 1.44. The Bertz CT molecular complexity index is 263. The second-order valence-electron chi connectivity index (χ2n) is 3.90. The first kappa shape index (κ1) is 9.27. The van der Waals surface area contributed by atoms with E-state index in [0.717, 1.165) is 0 Å². The molecule has 0 unspecified atom stereocenters. The third-order valence-corrected chi connectivity index (χ3v) is 2.38. The first-order chi connectivity index (χ1) is 5.58. The molecule has 0 aliphatic carbocycles. The third-order valence-electron chi connectivity index (χ3n) is 2.38. The molecule has 0 fully saturated rings. The highest BCUT2D eigenvalue weighted by Crippen LogP contribution is 2.24. The number of benzene rings is 1. The van der Waals surface area contributed by atoms with Crippen molar-refractivity contribution >= 4 is 0 Å². The van der Waals surface area contributed by atoms with Crippen LogP contribution >= 0.6 is 0 Å². The van der Waals surface area contributed by atoms with E-state index in [1.54, 1.807) is 0 Å². The fraction of sp³-hybridized carbons (Fsp3) is 0.455. The molecule has 1 heteroatoms. The van der Waals surface area contributed by atoms with E-state index in [9.17, 15) is 0 Å². The molecule has 0 saturated carbocycles. The molecule has 1 nitrogen and oxygen atoms in total. The molecule has 0 aliphatic rings. The van der Waals surface area contributed by atoms with Gasteiger partial charge in [0, 0.05) is 12.0 Å². The summed E-state index contributed by atoms with van der Waals surface area (Å²) in [4.78, 5) is 0. The molecule has 66 valence electrons. The SMILES string of the molecule is Cc1ccccc1C(C)(C)CN. The van der Waals surface area contributed by atoms with Gasteiger partial charge in [0.15, 0.2) is 0 Å². The zero-order valence-electron chi connectivity index (χ0n) is 8.09. The van der Waals surface area contributed by atoms with Gasteiger partial charge in [0.1, 0.15) is 0 Å². The van der Waals surface area contributed by atoms with Gasteiger partial charge in [-0.3, -0.25) is 0 Å². The molecule has 12 heavy (non-hydrogen) atoms. The summed E-state index contributed by atoms with van der Waals surface area (Å²) < 4.78 is 0. The Morgan fingerprint density at radius 2 is 1.83 bits per heavy atom. The average molecular weight is 163 g/mol. The molecular weight excluding hydrogens is 146 g/mol. The molecule has 0 amide bonds. The molecule has 0 aromatic heterocycles. The van der Waals surface area contributed by atoms with Crippen LogP contribution in [-0.2, 0) is 5.41 Å². The molecule has 1 aromatic rings. The van der Waals surface area contributed by atoms with E-state index in [2.05, 4.69) is 45.0 Å². The summed E-state index contributed by atoms with van der Waals surface area (Å²) in [6.07, 6.45) is 0. The molecule has 0 heterocycles. The van der Waals surface area contributed by atoms with Crippen LogP contribution in [0.25, 0.3) is 0 Å². The van der Waals surface area contributed by atoms with Crippen molar-refractivity contribution in [1.29, 1.82) is 0 Å². The van der Waals surface area contributed by atoms with Crippen LogP contribution < -0.4 is 5.73 Å². The zero-order chi connectivity index (χ0) is 9.19. The summed E-state index contributed by atoms with van der Waals surface area (Å²) in [5.74, 6) is 0. The van der Waals surface area contributed by atoms with Crippen molar-refractivity contribution in [2.75, 3.05) is 6.54 Å². The average Bonchev–Trinajstić information content (AvgIpc) is 2.05. The largest absolute Gasteiger partial charge is 0.330 e. The number of hydrogen-bond acceptors (Lipinski definition) is 1. The van der Waals surface area contributed by atoms with Gasteiger partial charge in [-0.2, -0.15) is 0 Å². The van der Waals surface area contributed by atoms with Gasteiger partial charge in [-0.05, 0) is 18.1 Å². The van der Waals surface area contributed by atoms with E-state index in [1.165, 1.54) is 11.1 Å². The van der Waals surface area contributed by atoms with Gasteiger partial charge < -0.3 is 5.73 Å². The topological polar surface area (TPSA) is 26.0 Å². The van der Waals surface area contributed by atoms with Crippen LogP contribution in [0.3, 0.4) is 0 Å². The van der Waals surface area contributed by atoms with Crippen LogP contribution in [0.1, 0.15) is 25.0 Å². The van der Waals surface area contributed by atoms with Crippen LogP contribution in [0, 0.1) is 6.92 Å². The lowest BCUT2D eigenvalue weighted by atomic mass is 9.82. The lowest BCUT2D eigenvalue weighted by Gasteiger charge is -2.24. The number of nitrogens with two attached hydrogens (primary N) is 1. The van der Waals surface area contributed by atoms with Crippen molar-refractivity contribution < 1.29 is 0 Å². The predicted octanol–water partition coefficient (Wildman–Crippen LogP) is 2.23. The van der Waals surface area contributed by atoms with Crippen molar-refractivity contribution in [3.63, 3.8) is 0 Å². The number of aryl methyl sites for hydroxylation is 1. The molecular formula is C11H17N. The van der Waals surface area contributed by atoms with E-state index in [1.807, 2.05) is 0 Å². The monoisotopic (exact) mass is 163 g/mol. The van der Waals surface area contributed by atoms with E-state index in [0.29, 0.717) is 6.54 Å². The fourth-order valence-corrected chi connectivity index (χ4v) is 1.44. The highest BCUT2D eigenvalue weighted by atomic mass is 14.6. The van der Waals surface area contributed by atoms with Gasteiger partial charge in [-0.1, -0.05) is 38.1 Å². The third kappa shape index (κ3) is 1.67. The summed E-state index contributed by atoms with van der Waals surface area (Å²) in [7, 11) is 0. The van der Waals surface area contributed by atoms with Crippen molar-refractivity contribution in [3.05, 3.63) is 35.4 Å². The first-order valence-electron chi connectivity index (χ1n) is 4.34. The van der Waals surface area contributed by atoms with Crippen LogP contribution in [0.5, 0.6) is 0 Å². The molecule has 1 aromatic carbocycles. The van der Waals surface area contributed by atoms with Crippen LogP contribution in [0.4, 0.5) is 0 Å². The molecule has 0 aliphatic heterocycles. The van der Waals surface area contributed by atoms with E-state index >= 15 is 0 Å². The second-order valence-corrected chi connectivity index (χ2v) is 3.90. The predicted molar refractivity (Wildman–Crippen MR) is 53.3 cm³/mol. The van der Waals surface area contributed by atoms with Gasteiger partial charge in [0.25, 0.3) is 0 Å². The maximum atomic E-state index is 5.71. The van der Waals surface area contributed by atoms with Gasteiger partial charge in [-0.25, -0.2) is 0 Å². The Balaban J connectivity index is 3.10. The smallest absolute Gasteiger partial charge is 0.00216 e. The standard InChI is InChI=1S/C11H17N/c1-9-6-4-5-7-10(9)11(2,3)8-12/h4-7H,8,12H2,1-3H3. The molecule has 0 spiro atoms. The highest BCUT2D eigenvalue weighted by Gasteiger charge is 2.19. The van der Waals surface area contributed by atoms with Crippen molar-refractivity contribution in [3.8, 4) is 0 Å². The molecule has 0 atom stereocenters. The van der Waals surface area contributed by atoms with Crippen molar-refractivity contribution in [2.45, 2.75) is 26.2 Å². The maximum absolute atomic E-state index is 5.71. The quantitative estimate of drug-likeness (QED) is 0.711. The lowest BCUT2D eigenvalue weighted by Crippen LogP contribution is -2.28. The van der Waals surface area contributed by atoms with Gasteiger partial charge >= 0.3 is 0 Å². The van der Waals surface area contributed by atoms with Crippen LogP contribution in [0.2, 0.25) is 0 Å². The molecule has 0 bridgehead atoms. The first-order valence-corrected chi connectivity index (χ1v) is 4.34. The summed E-state index contributed by atoms with van der Waals surface area (Å²) in [6.45, 7) is 7.18. The lowest BCUT2D eigenvalue weighted by molar-refractivity contribution is 0.536. The summed E-state index contributed by atoms with van der Waals surface area (Å²) in [5.41, 5.74) is 8.49. The molecule has 0 radical (unpaired) electrons. The van der Waals surface area contributed by atoms with Gasteiger partial charge in [0.2, 0.25) is 0 Å². The number of rotatable bonds is 2. The Morgan fingerprint density at radius 1 is 1.25 bits per heavy atom. The zero-order valence-corrected chi connectivity index (χ0v) is 8.09. The number of hydrogen-bond donors (Lipinski definition) is 1. The highest BCUT2D eigenvalue weighted by molar-refractivity contribution is 5.32. The second kappa shape index (κ2) is 3.28. The van der Waals surface area contributed by atoms with Crippen LogP contribution in [0.15, 0.2) is 24.3 Å². The minimum Gasteiger partial charge on any atom is -0.330 e. The van der Waals surface area contributed by atoms with Crippen molar-refractivity contribution in [1.82, 2.24) is 0 Å². The Labute approximate surface area is 74.6 Å². The summed E-state index contributed by atoms with van der Waals surface area (Å²) in [5, 5.41) is 0. The minimum absolute atomic E-state index is 0.103. The molecule has 1 rings (SSSR count). The molecule has 2 N–H and O–H groups in total. The maximum Gasteiger partial charge on any atom is 0.00216 e. The normalized spacial score (nSPS) is 11.7. The van der Waals surface area contributed by atoms with Gasteiger partial charge in [-0.15, -0.1) is 0 Å². The Hall–Kier alpha value is -0.820.